The van der Waals surface area contributed by atoms with Crippen LogP contribution in [0.15, 0.2) is 72.6 Å². The summed E-state index contributed by atoms with van der Waals surface area (Å²) in [5.41, 5.74) is 3.75. The predicted molar refractivity (Wildman–Crippen MR) is 118 cm³/mol. The molecule has 1 aromatic heterocycles. The van der Waals surface area contributed by atoms with Gasteiger partial charge in [-0.2, -0.15) is 0 Å². The van der Waals surface area contributed by atoms with Crippen LogP contribution < -0.4 is 9.64 Å². The number of hydrogen-bond donors (Lipinski definition) is 1. The van der Waals surface area contributed by atoms with Gasteiger partial charge in [0.05, 0.1) is 18.7 Å². The lowest BCUT2D eigenvalue weighted by molar-refractivity contribution is -0.132. The molecule has 0 spiro atoms. The summed E-state index contributed by atoms with van der Waals surface area (Å²) in [6.45, 7) is 3.90. The normalized spacial score (nSPS) is 17.8. The maximum atomic E-state index is 13.1. The standard InChI is InChI=1S/C25H22N2O4/c1-15-7-8-18(13-16(15)2)23(28)21-22(17-9-11-26-12-10-17)27(25(30)24(21)29)19-5-4-6-20(14-19)31-3/h4-14,22,28H,1-3H3/b23-21+. The smallest absolute Gasteiger partial charge is 0.300 e. The molecule has 1 saturated heterocycles. The van der Waals surface area contributed by atoms with Gasteiger partial charge in [0.15, 0.2) is 0 Å². The fraction of sp³-hybridized carbons (Fsp3) is 0.160. The Hall–Kier alpha value is -3.93. The van der Waals surface area contributed by atoms with E-state index >= 15 is 0 Å². The van der Waals surface area contributed by atoms with Crippen LogP contribution >= 0.6 is 0 Å². The minimum atomic E-state index is -0.795. The number of anilines is 1. The van der Waals surface area contributed by atoms with E-state index in [1.807, 2.05) is 26.0 Å². The molecule has 6 nitrogen and oxygen atoms in total. The van der Waals surface area contributed by atoms with E-state index in [4.69, 9.17) is 4.74 Å². The molecule has 0 bridgehead atoms. The Morgan fingerprint density at radius 2 is 1.74 bits per heavy atom. The predicted octanol–water partition coefficient (Wildman–Crippen LogP) is 4.33. The van der Waals surface area contributed by atoms with Crippen molar-refractivity contribution in [2.45, 2.75) is 19.9 Å². The first-order chi connectivity index (χ1) is 14.9. The average Bonchev–Trinajstić information content (AvgIpc) is 3.06. The Kier molecular flexibility index (Phi) is 5.29. The molecular formula is C25H22N2O4. The van der Waals surface area contributed by atoms with E-state index in [1.54, 1.807) is 54.9 Å². The van der Waals surface area contributed by atoms with Crippen molar-refractivity contribution in [2.75, 3.05) is 12.0 Å². The zero-order valence-corrected chi connectivity index (χ0v) is 17.5. The van der Waals surface area contributed by atoms with Crippen LogP contribution in [0.2, 0.25) is 0 Å². The molecule has 1 aliphatic rings. The monoisotopic (exact) mass is 414 g/mol. The van der Waals surface area contributed by atoms with Gasteiger partial charge < -0.3 is 9.84 Å². The minimum absolute atomic E-state index is 0.0438. The van der Waals surface area contributed by atoms with E-state index in [2.05, 4.69) is 4.98 Å². The highest BCUT2D eigenvalue weighted by atomic mass is 16.5. The summed E-state index contributed by atoms with van der Waals surface area (Å²) in [5, 5.41) is 11.2. The SMILES string of the molecule is COc1cccc(N2C(=O)C(=O)/C(=C(/O)c3ccc(C)c(C)c3)C2c2ccncc2)c1. The van der Waals surface area contributed by atoms with E-state index in [-0.39, 0.29) is 11.3 Å². The summed E-state index contributed by atoms with van der Waals surface area (Å²) < 4.78 is 5.29. The van der Waals surface area contributed by atoms with Gasteiger partial charge in [-0.3, -0.25) is 19.5 Å². The molecule has 1 fully saturated rings. The number of methoxy groups -OCH3 is 1. The van der Waals surface area contributed by atoms with Crippen molar-refractivity contribution in [1.82, 2.24) is 4.98 Å². The van der Waals surface area contributed by atoms with Crippen molar-refractivity contribution >= 4 is 23.1 Å². The lowest BCUT2D eigenvalue weighted by Gasteiger charge is -2.25. The fourth-order valence-electron chi connectivity index (χ4n) is 3.76. The highest BCUT2D eigenvalue weighted by molar-refractivity contribution is 6.51. The minimum Gasteiger partial charge on any atom is -0.507 e. The van der Waals surface area contributed by atoms with Crippen molar-refractivity contribution in [3.8, 4) is 5.75 Å². The molecule has 31 heavy (non-hydrogen) atoms. The van der Waals surface area contributed by atoms with Crippen LogP contribution in [0.4, 0.5) is 5.69 Å². The Morgan fingerprint density at radius 1 is 1.00 bits per heavy atom. The zero-order chi connectivity index (χ0) is 22.1. The maximum absolute atomic E-state index is 13.1. The van der Waals surface area contributed by atoms with Gasteiger partial charge >= 0.3 is 0 Å². The van der Waals surface area contributed by atoms with Gasteiger partial charge in [-0.15, -0.1) is 0 Å². The van der Waals surface area contributed by atoms with E-state index in [0.717, 1.165) is 11.1 Å². The van der Waals surface area contributed by atoms with Gasteiger partial charge in [-0.1, -0.05) is 18.2 Å². The largest absolute Gasteiger partial charge is 0.507 e. The molecule has 2 aromatic carbocycles. The number of Topliss-reactive ketones (excluding diaryl/α,β-unsaturated/α-hetero) is 1. The first kappa shape index (κ1) is 20.3. The Morgan fingerprint density at radius 3 is 2.42 bits per heavy atom. The van der Waals surface area contributed by atoms with Gasteiger partial charge in [0, 0.05) is 29.7 Å². The molecular weight excluding hydrogens is 392 g/mol. The van der Waals surface area contributed by atoms with E-state index in [1.165, 1.54) is 12.0 Å². The summed E-state index contributed by atoms with van der Waals surface area (Å²) in [7, 11) is 1.54. The number of carbonyl (C=O) groups is 2. The molecule has 0 aliphatic carbocycles. The fourth-order valence-corrected chi connectivity index (χ4v) is 3.76. The van der Waals surface area contributed by atoms with E-state index in [9.17, 15) is 14.7 Å². The van der Waals surface area contributed by atoms with Crippen LogP contribution in [0.25, 0.3) is 5.76 Å². The first-order valence-corrected chi connectivity index (χ1v) is 9.85. The van der Waals surface area contributed by atoms with Gasteiger partial charge in [0.1, 0.15) is 11.5 Å². The molecule has 1 atom stereocenters. The lowest BCUT2D eigenvalue weighted by Crippen LogP contribution is -2.29. The van der Waals surface area contributed by atoms with Gasteiger partial charge in [0.2, 0.25) is 0 Å². The number of ether oxygens (including phenoxy) is 1. The van der Waals surface area contributed by atoms with Gasteiger partial charge in [-0.05, 0) is 60.9 Å². The van der Waals surface area contributed by atoms with Crippen LogP contribution in [0.1, 0.15) is 28.3 Å². The summed E-state index contributed by atoms with van der Waals surface area (Å²) >= 11 is 0. The second kappa shape index (κ2) is 8.07. The summed E-state index contributed by atoms with van der Waals surface area (Å²) in [6.07, 6.45) is 3.19. The molecule has 4 rings (SSSR count). The van der Waals surface area contributed by atoms with Crippen molar-refractivity contribution in [3.63, 3.8) is 0 Å². The molecule has 6 heteroatoms. The third kappa shape index (κ3) is 3.57. The maximum Gasteiger partial charge on any atom is 0.300 e. The van der Waals surface area contributed by atoms with E-state index in [0.29, 0.717) is 22.6 Å². The lowest BCUT2D eigenvalue weighted by atomic mass is 9.94. The third-order valence-corrected chi connectivity index (χ3v) is 5.58. The summed E-state index contributed by atoms with van der Waals surface area (Å²) in [6, 6.07) is 15.0. The number of carbonyl (C=O) groups excluding carboxylic acids is 2. The highest BCUT2D eigenvalue weighted by Crippen LogP contribution is 2.42. The Bertz CT molecular complexity index is 1200. The van der Waals surface area contributed by atoms with Crippen molar-refractivity contribution in [1.29, 1.82) is 0 Å². The van der Waals surface area contributed by atoms with Crippen LogP contribution in [0, 0.1) is 13.8 Å². The molecule has 3 aromatic rings. The van der Waals surface area contributed by atoms with Crippen LogP contribution in [-0.2, 0) is 9.59 Å². The number of amides is 1. The number of benzene rings is 2. The van der Waals surface area contributed by atoms with Gasteiger partial charge in [-0.25, -0.2) is 0 Å². The van der Waals surface area contributed by atoms with Crippen LogP contribution in [0.3, 0.4) is 0 Å². The molecule has 1 N–H and O–H groups in total. The number of aromatic nitrogens is 1. The number of ketones is 1. The molecule has 0 saturated carbocycles. The topological polar surface area (TPSA) is 79.7 Å². The molecule has 156 valence electrons. The van der Waals surface area contributed by atoms with Crippen molar-refractivity contribution in [3.05, 3.63) is 94.8 Å². The Labute approximate surface area is 180 Å². The number of aliphatic hydroxyl groups is 1. The van der Waals surface area contributed by atoms with Crippen LogP contribution in [-0.4, -0.2) is 28.9 Å². The second-order valence-corrected chi connectivity index (χ2v) is 7.45. The third-order valence-electron chi connectivity index (χ3n) is 5.58. The highest BCUT2D eigenvalue weighted by Gasteiger charge is 2.47. The molecule has 1 unspecified atom stereocenters. The molecule has 2 heterocycles. The molecule has 1 aliphatic heterocycles. The first-order valence-electron chi connectivity index (χ1n) is 9.85. The van der Waals surface area contributed by atoms with Crippen molar-refractivity contribution in [2.24, 2.45) is 0 Å². The number of nitrogens with zero attached hydrogens (tertiary/aromatic N) is 2. The van der Waals surface area contributed by atoms with Crippen LogP contribution in [0.5, 0.6) is 5.75 Å². The Balaban J connectivity index is 1.94. The number of hydrogen-bond acceptors (Lipinski definition) is 5. The molecule has 1 amide bonds. The number of aliphatic hydroxyl groups excluding tert-OH is 1. The number of aryl methyl sites for hydroxylation is 2. The summed E-state index contributed by atoms with van der Waals surface area (Å²) in [4.78, 5) is 31.7. The van der Waals surface area contributed by atoms with Crippen molar-refractivity contribution < 1.29 is 19.4 Å². The van der Waals surface area contributed by atoms with E-state index < -0.39 is 17.7 Å². The quantitative estimate of drug-likeness (QED) is 0.390. The number of pyridine rings is 1. The zero-order valence-electron chi connectivity index (χ0n) is 17.5. The van der Waals surface area contributed by atoms with Gasteiger partial charge in [0.25, 0.3) is 11.7 Å². The molecule has 0 radical (unpaired) electrons. The number of rotatable bonds is 4. The average molecular weight is 414 g/mol. The summed E-state index contributed by atoms with van der Waals surface area (Å²) in [5.74, 6) is -1.09. The second-order valence-electron chi connectivity index (χ2n) is 7.45.